The Hall–Kier alpha value is -3.00. The molecule has 8 heteroatoms. The van der Waals surface area contributed by atoms with Gasteiger partial charge in [-0.3, -0.25) is 9.59 Å². The lowest BCUT2D eigenvalue weighted by Crippen LogP contribution is -2.12. The maximum Gasteiger partial charge on any atom is 0.227 e. The van der Waals surface area contributed by atoms with Gasteiger partial charge in [-0.1, -0.05) is 5.16 Å². The minimum absolute atomic E-state index is 0.141. The number of nitrogens with one attached hydrogen (secondary N) is 2. The van der Waals surface area contributed by atoms with E-state index in [2.05, 4.69) is 20.8 Å². The van der Waals surface area contributed by atoms with Gasteiger partial charge in [-0.05, 0) is 35.7 Å². The summed E-state index contributed by atoms with van der Waals surface area (Å²) < 4.78 is 5.17. The number of carbonyl (C=O) groups is 2. The third-order valence-electron chi connectivity index (χ3n) is 3.30. The van der Waals surface area contributed by atoms with Crippen LogP contribution in [0.3, 0.4) is 0 Å². The molecular formula is C17H16N4O3S. The van der Waals surface area contributed by atoms with E-state index >= 15 is 0 Å². The van der Waals surface area contributed by atoms with Crippen molar-refractivity contribution in [2.75, 3.05) is 10.6 Å². The summed E-state index contributed by atoms with van der Waals surface area (Å²) in [4.78, 5) is 27.3. The molecule has 0 radical (unpaired) electrons. The molecule has 0 unspecified atom stereocenters. The molecule has 25 heavy (non-hydrogen) atoms. The number of carbonyl (C=O) groups excluding carboxylic acids is 2. The molecule has 0 bridgehead atoms. The number of benzene rings is 1. The Kier molecular flexibility index (Phi) is 5.20. The molecule has 0 fully saturated rings. The van der Waals surface area contributed by atoms with Gasteiger partial charge in [0.2, 0.25) is 23.5 Å². The van der Waals surface area contributed by atoms with Gasteiger partial charge in [0.15, 0.2) is 0 Å². The Morgan fingerprint density at radius 3 is 2.48 bits per heavy atom. The van der Waals surface area contributed by atoms with Crippen molar-refractivity contribution in [2.24, 2.45) is 0 Å². The molecule has 0 atom stereocenters. The van der Waals surface area contributed by atoms with E-state index in [1.54, 1.807) is 35.6 Å². The largest absolute Gasteiger partial charge is 0.339 e. The van der Waals surface area contributed by atoms with Crippen LogP contribution < -0.4 is 10.6 Å². The first-order valence-corrected chi connectivity index (χ1v) is 8.57. The maximum absolute atomic E-state index is 12.0. The number of anilines is 2. The highest BCUT2D eigenvalue weighted by atomic mass is 32.1. The minimum Gasteiger partial charge on any atom is -0.339 e. The number of rotatable bonds is 6. The van der Waals surface area contributed by atoms with Crippen LogP contribution in [0.4, 0.5) is 11.4 Å². The summed E-state index contributed by atoms with van der Waals surface area (Å²) in [6.07, 6.45) is 0.603. The van der Waals surface area contributed by atoms with Crippen molar-refractivity contribution in [3.05, 3.63) is 47.0 Å². The van der Waals surface area contributed by atoms with E-state index in [-0.39, 0.29) is 18.2 Å². The topological polar surface area (TPSA) is 97.1 Å². The molecule has 1 aromatic carbocycles. The van der Waals surface area contributed by atoms with E-state index in [9.17, 15) is 9.59 Å². The van der Waals surface area contributed by atoms with E-state index in [0.717, 1.165) is 5.56 Å². The standard InChI is InChI=1S/C17H16N4O3S/c1-11(22)18-13-2-4-14(5-3-13)19-15(23)6-7-16-20-17(21-24-16)12-8-9-25-10-12/h2-5,8-10H,6-7H2,1H3,(H,18,22)(H,19,23). The van der Waals surface area contributed by atoms with Gasteiger partial charge in [-0.2, -0.15) is 16.3 Å². The van der Waals surface area contributed by atoms with Crippen molar-refractivity contribution in [1.82, 2.24) is 10.1 Å². The Labute approximate surface area is 148 Å². The molecule has 0 aliphatic rings. The zero-order chi connectivity index (χ0) is 17.6. The van der Waals surface area contributed by atoms with Crippen molar-refractivity contribution in [2.45, 2.75) is 19.8 Å². The zero-order valence-corrected chi connectivity index (χ0v) is 14.3. The zero-order valence-electron chi connectivity index (χ0n) is 13.5. The number of amides is 2. The molecule has 3 rings (SSSR count). The maximum atomic E-state index is 12.0. The van der Waals surface area contributed by atoms with E-state index < -0.39 is 0 Å². The quantitative estimate of drug-likeness (QED) is 0.706. The van der Waals surface area contributed by atoms with Crippen molar-refractivity contribution in [1.29, 1.82) is 0 Å². The van der Waals surface area contributed by atoms with E-state index in [1.807, 2.05) is 16.8 Å². The lowest BCUT2D eigenvalue weighted by Gasteiger charge is -2.06. The summed E-state index contributed by atoms with van der Waals surface area (Å²) in [5, 5.41) is 13.2. The summed E-state index contributed by atoms with van der Waals surface area (Å²) in [7, 11) is 0. The Bertz CT molecular complexity index is 856. The fourth-order valence-corrected chi connectivity index (χ4v) is 2.78. The SMILES string of the molecule is CC(=O)Nc1ccc(NC(=O)CCc2nc(-c3ccsc3)no2)cc1. The van der Waals surface area contributed by atoms with E-state index in [0.29, 0.717) is 29.5 Å². The number of aryl methyl sites for hydroxylation is 1. The highest BCUT2D eigenvalue weighted by Crippen LogP contribution is 2.19. The van der Waals surface area contributed by atoms with E-state index in [4.69, 9.17) is 4.52 Å². The van der Waals surface area contributed by atoms with Crippen LogP contribution in [-0.4, -0.2) is 22.0 Å². The number of thiophene rings is 1. The lowest BCUT2D eigenvalue weighted by molar-refractivity contribution is -0.116. The second kappa shape index (κ2) is 7.71. The average molecular weight is 356 g/mol. The molecule has 3 aromatic rings. The Balaban J connectivity index is 1.50. The molecule has 2 N–H and O–H groups in total. The molecule has 0 saturated carbocycles. The summed E-state index contributed by atoms with van der Waals surface area (Å²) in [5.41, 5.74) is 2.24. The molecule has 2 aromatic heterocycles. The number of aromatic nitrogens is 2. The minimum atomic E-state index is -0.150. The van der Waals surface area contributed by atoms with E-state index in [1.165, 1.54) is 6.92 Å². The van der Waals surface area contributed by atoms with Crippen LogP contribution in [0.2, 0.25) is 0 Å². The summed E-state index contributed by atoms with van der Waals surface area (Å²) in [6, 6.07) is 8.82. The lowest BCUT2D eigenvalue weighted by atomic mass is 10.2. The number of hydrogen-bond donors (Lipinski definition) is 2. The average Bonchev–Trinajstić information content (AvgIpc) is 3.25. The summed E-state index contributed by atoms with van der Waals surface area (Å²) in [5.74, 6) is 0.670. The first-order chi connectivity index (χ1) is 12.1. The molecule has 0 aliphatic carbocycles. The van der Waals surface area contributed by atoms with Crippen LogP contribution >= 0.6 is 11.3 Å². The van der Waals surface area contributed by atoms with Crippen LogP contribution in [0.5, 0.6) is 0 Å². The second-order valence-corrected chi connectivity index (χ2v) is 6.11. The molecule has 2 amide bonds. The monoisotopic (exact) mass is 356 g/mol. The van der Waals surface area contributed by atoms with Crippen LogP contribution in [0.15, 0.2) is 45.6 Å². The fraction of sp³-hybridized carbons (Fsp3) is 0.176. The summed E-state index contributed by atoms with van der Waals surface area (Å²) >= 11 is 1.56. The molecule has 128 valence electrons. The third kappa shape index (κ3) is 4.74. The van der Waals surface area contributed by atoms with Gasteiger partial charge >= 0.3 is 0 Å². The molecule has 0 spiro atoms. The molecule has 0 aliphatic heterocycles. The molecule has 0 saturated heterocycles. The molecular weight excluding hydrogens is 340 g/mol. The predicted molar refractivity (Wildman–Crippen MR) is 95.3 cm³/mol. The number of nitrogens with zero attached hydrogens (tertiary/aromatic N) is 2. The highest BCUT2D eigenvalue weighted by Gasteiger charge is 2.11. The van der Waals surface area contributed by atoms with Crippen LogP contribution in [0.25, 0.3) is 11.4 Å². The van der Waals surface area contributed by atoms with Gasteiger partial charge in [-0.15, -0.1) is 0 Å². The van der Waals surface area contributed by atoms with Gasteiger partial charge in [0, 0.05) is 42.1 Å². The predicted octanol–water partition coefficient (Wildman–Crippen LogP) is 3.33. The first-order valence-electron chi connectivity index (χ1n) is 7.63. The van der Waals surface area contributed by atoms with Gasteiger partial charge in [0.05, 0.1) is 0 Å². The molecule has 2 heterocycles. The van der Waals surface area contributed by atoms with Crippen molar-refractivity contribution in [3.8, 4) is 11.4 Å². The first kappa shape index (κ1) is 16.8. The highest BCUT2D eigenvalue weighted by molar-refractivity contribution is 7.08. The third-order valence-corrected chi connectivity index (χ3v) is 3.99. The smallest absolute Gasteiger partial charge is 0.227 e. The number of hydrogen-bond acceptors (Lipinski definition) is 6. The van der Waals surface area contributed by atoms with Gasteiger partial charge < -0.3 is 15.2 Å². The summed E-state index contributed by atoms with van der Waals surface area (Å²) in [6.45, 7) is 1.44. The van der Waals surface area contributed by atoms with Crippen LogP contribution in [0.1, 0.15) is 19.2 Å². The fourth-order valence-electron chi connectivity index (χ4n) is 2.15. The van der Waals surface area contributed by atoms with Crippen LogP contribution in [-0.2, 0) is 16.0 Å². The second-order valence-electron chi connectivity index (χ2n) is 5.33. The Morgan fingerprint density at radius 2 is 1.84 bits per heavy atom. The normalized spacial score (nSPS) is 10.4. The van der Waals surface area contributed by atoms with Crippen molar-refractivity contribution >= 4 is 34.5 Å². The van der Waals surface area contributed by atoms with Crippen molar-refractivity contribution in [3.63, 3.8) is 0 Å². The van der Waals surface area contributed by atoms with Gasteiger partial charge in [0.25, 0.3) is 0 Å². The van der Waals surface area contributed by atoms with Crippen molar-refractivity contribution < 1.29 is 14.1 Å². The Morgan fingerprint density at radius 1 is 1.12 bits per heavy atom. The van der Waals surface area contributed by atoms with Gasteiger partial charge in [0.1, 0.15) is 0 Å². The van der Waals surface area contributed by atoms with Crippen LogP contribution in [0, 0.1) is 0 Å². The molecule has 7 nitrogen and oxygen atoms in total. The van der Waals surface area contributed by atoms with Gasteiger partial charge in [-0.25, -0.2) is 0 Å².